The molecule has 1 aliphatic rings. The first-order valence-corrected chi connectivity index (χ1v) is 9.76. The van der Waals surface area contributed by atoms with Gasteiger partial charge in [-0.25, -0.2) is 9.97 Å². The van der Waals surface area contributed by atoms with Crippen molar-refractivity contribution in [2.75, 3.05) is 30.3 Å². The average molecular weight is 401 g/mol. The summed E-state index contributed by atoms with van der Waals surface area (Å²) in [7, 11) is 0. The molecule has 1 amide bonds. The molecule has 0 aliphatic carbocycles. The lowest BCUT2D eigenvalue weighted by molar-refractivity contribution is -0.111. The van der Waals surface area contributed by atoms with Crippen LogP contribution in [0.3, 0.4) is 0 Å². The van der Waals surface area contributed by atoms with Crippen LogP contribution in [0, 0.1) is 0 Å². The molecule has 1 atom stereocenters. The third-order valence-electron chi connectivity index (χ3n) is 4.78. The number of carbonyl (C=O) groups is 1. The molecule has 1 unspecified atom stereocenters. The molecule has 7 nitrogen and oxygen atoms in total. The topological polar surface area (TPSA) is 88.2 Å². The highest BCUT2D eigenvalue weighted by Crippen LogP contribution is 2.24. The van der Waals surface area contributed by atoms with Gasteiger partial charge in [-0.2, -0.15) is 0 Å². The molecule has 1 fully saturated rings. The molecule has 1 aromatic heterocycles. The van der Waals surface area contributed by atoms with Gasteiger partial charge in [-0.1, -0.05) is 30.8 Å². The molecule has 7 heteroatoms. The van der Waals surface area contributed by atoms with Gasteiger partial charge < -0.3 is 20.7 Å². The molecule has 0 saturated carbocycles. The fourth-order valence-electron chi connectivity index (χ4n) is 3.21. The number of aromatic nitrogens is 2. The maximum atomic E-state index is 11.4. The Morgan fingerprint density at radius 2 is 1.87 bits per heavy atom. The minimum absolute atomic E-state index is 0.0951. The van der Waals surface area contributed by atoms with E-state index in [2.05, 4.69) is 44.6 Å². The van der Waals surface area contributed by atoms with Crippen LogP contribution in [0.5, 0.6) is 0 Å². The van der Waals surface area contributed by atoms with E-state index in [1.54, 1.807) is 0 Å². The van der Waals surface area contributed by atoms with Crippen LogP contribution in [0.2, 0.25) is 0 Å². The summed E-state index contributed by atoms with van der Waals surface area (Å²) in [5.74, 6) is 0.459. The number of nitrogens with one attached hydrogen (secondary N) is 3. The van der Waals surface area contributed by atoms with E-state index in [0.717, 1.165) is 42.2 Å². The number of rotatable bonds is 6. The summed E-state index contributed by atoms with van der Waals surface area (Å²) < 4.78 is 5.79. The van der Waals surface area contributed by atoms with Crippen molar-refractivity contribution in [3.05, 3.63) is 79.1 Å². The molecular formula is C23H23N5O2. The summed E-state index contributed by atoms with van der Waals surface area (Å²) in [5, 5.41) is 9.38. The van der Waals surface area contributed by atoms with Crippen molar-refractivity contribution in [2.45, 2.75) is 6.10 Å². The Hall–Kier alpha value is -3.55. The number of hydrogen-bond donors (Lipinski definition) is 3. The molecule has 1 saturated heterocycles. The first-order valence-electron chi connectivity index (χ1n) is 9.76. The molecule has 1 aliphatic heterocycles. The lowest BCUT2D eigenvalue weighted by atomic mass is 10.1. The molecule has 4 rings (SSSR count). The maximum absolute atomic E-state index is 11.4. The first-order chi connectivity index (χ1) is 14.7. The summed E-state index contributed by atoms with van der Waals surface area (Å²) in [6, 6.07) is 17.5. The molecule has 3 aromatic rings. The van der Waals surface area contributed by atoms with Gasteiger partial charge in [0.05, 0.1) is 18.4 Å². The van der Waals surface area contributed by atoms with Gasteiger partial charge in [-0.3, -0.25) is 4.79 Å². The van der Waals surface area contributed by atoms with Gasteiger partial charge in [0, 0.05) is 36.1 Å². The Labute approximate surface area is 175 Å². The Kier molecular flexibility index (Phi) is 6.12. The fraction of sp³-hybridized carbons (Fsp3) is 0.174. The monoisotopic (exact) mass is 401 g/mol. The minimum Gasteiger partial charge on any atom is -0.371 e. The third-order valence-corrected chi connectivity index (χ3v) is 4.78. The zero-order valence-corrected chi connectivity index (χ0v) is 16.5. The smallest absolute Gasteiger partial charge is 0.247 e. The number of nitrogens with zero attached hydrogens (tertiary/aromatic N) is 2. The Balaban J connectivity index is 1.44. The molecule has 0 radical (unpaired) electrons. The van der Waals surface area contributed by atoms with E-state index >= 15 is 0 Å². The van der Waals surface area contributed by atoms with Crippen molar-refractivity contribution in [1.82, 2.24) is 15.3 Å². The highest BCUT2D eigenvalue weighted by Gasteiger charge is 2.15. The van der Waals surface area contributed by atoms with E-state index in [1.165, 1.54) is 12.4 Å². The Bertz CT molecular complexity index is 1010. The predicted octanol–water partition coefficient (Wildman–Crippen LogP) is 3.67. The SMILES string of the molecule is C=CC(=O)Nc1ccc(-c2cc(Nc3ccc(C4CNCCO4)cc3)ncn2)cc1. The summed E-state index contributed by atoms with van der Waals surface area (Å²) in [5.41, 5.74) is 4.50. The van der Waals surface area contributed by atoms with Gasteiger partial charge in [-0.05, 0) is 35.9 Å². The fourth-order valence-corrected chi connectivity index (χ4v) is 3.21. The largest absolute Gasteiger partial charge is 0.371 e. The number of hydrogen-bond acceptors (Lipinski definition) is 6. The molecular weight excluding hydrogens is 378 g/mol. The van der Waals surface area contributed by atoms with Gasteiger partial charge in [0.2, 0.25) is 5.91 Å². The Morgan fingerprint density at radius 1 is 1.10 bits per heavy atom. The molecule has 2 aromatic carbocycles. The maximum Gasteiger partial charge on any atom is 0.247 e. The van der Waals surface area contributed by atoms with E-state index < -0.39 is 0 Å². The van der Waals surface area contributed by atoms with E-state index in [4.69, 9.17) is 4.74 Å². The molecule has 0 spiro atoms. The van der Waals surface area contributed by atoms with Crippen LogP contribution in [0.1, 0.15) is 11.7 Å². The molecule has 30 heavy (non-hydrogen) atoms. The number of amides is 1. The summed E-state index contributed by atoms with van der Waals surface area (Å²) >= 11 is 0. The summed E-state index contributed by atoms with van der Waals surface area (Å²) in [6.07, 6.45) is 2.86. The minimum atomic E-state index is -0.242. The third kappa shape index (κ3) is 4.89. The van der Waals surface area contributed by atoms with E-state index in [9.17, 15) is 4.79 Å². The van der Waals surface area contributed by atoms with E-state index in [0.29, 0.717) is 11.5 Å². The number of ether oxygens (including phenoxy) is 1. The summed E-state index contributed by atoms with van der Waals surface area (Å²) in [4.78, 5) is 20.1. The molecule has 2 heterocycles. The van der Waals surface area contributed by atoms with Crippen molar-refractivity contribution >= 4 is 23.1 Å². The molecule has 3 N–H and O–H groups in total. The molecule has 0 bridgehead atoms. The number of benzene rings is 2. The zero-order chi connectivity index (χ0) is 20.8. The number of carbonyl (C=O) groups excluding carboxylic acids is 1. The van der Waals surface area contributed by atoms with Gasteiger partial charge in [0.15, 0.2) is 0 Å². The quantitative estimate of drug-likeness (QED) is 0.546. The second-order valence-electron chi connectivity index (χ2n) is 6.87. The van der Waals surface area contributed by atoms with Gasteiger partial charge in [0.1, 0.15) is 12.1 Å². The molecule has 152 valence electrons. The van der Waals surface area contributed by atoms with Crippen LogP contribution in [-0.4, -0.2) is 35.6 Å². The van der Waals surface area contributed by atoms with Gasteiger partial charge >= 0.3 is 0 Å². The summed E-state index contributed by atoms with van der Waals surface area (Å²) in [6.45, 7) is 5.91. The van der Waals surface area contributed by atoms with Crippen LogP contribution in [-0.2, 0) is 9.53 Å². The predicted molar refractivity (Wildman–Crippen MR) is 118 cm³/mol. The second kappa shape index (κ2) is 9.30. The van der Waals surface area contributed by atoms with Crippen LogP contribution in [0.15, 0.2) is 73.6 Å². The van der Waals surface area contributed by atoms with Crippen LogP contribution >= 0.6 is 0 Å². The highest BCUT2D eigenvalue weighted by atomic mass is 16.5. The van der Waals surface area contributed by atoms with Crippen molar-refractivity contribution < 1.29 is 9.53 Å². The average Bonchev–Trinajstić information content (AvgIpc) is 2.81. The normalized spacial score (nSPS) is 15.9. The number of morpholine rings is 1. The first kappa shape index (κ1) is 19.8. The zero-order valence-electron chi connectivity index (χ0n) is 16.5. The van der Waals surface area contributed by atoms with Gasteiger partial charge in [-0.15, -0.1) is 0 Å². The second-order valence-corrected chi connectivity index (χ2v) is 6.87. The lowest BCUT2D eigenvalue weighted by Crippen LogP contribution is -2.33. The van der Waals surface area contributed by atoms with Crippen LogP contribution < -0.4 is 16.0 Å². The number of anilines is 3. The van der Waals surface area contributed by atoms with Gasteiger partial charge in [0.25, 0.3) is 0 Å². The van der Waals surface area contributed by atoms with Crippen LogP contribution in [0.25, 0.3) is 11.3 Å². The van der Waals surface area contributed by atoms with E-state index in [1.807, 2.05) is 42.5 Å². The highest BCUT2D eigenvalue weighted by molar-refractivity contribution is 5.98. The van der Waals surface area contributed by atoms with Crippen molar-refractivity contribution in [3.63, 3.8) is 0 Å². The van der Waals surface area contributed by atoms with Crippen molar-refractivity contribution in [2.24, 2.45) is 0 Å². The van der Waals surface area contributed by atoms with Crippen molar-refractivity contribution in [1.29, 1.82) is 0 Å². The van der Waals surface area contributed by atoms with Crippen molar-refractivity contribution in [3.8, 4) is 11.3 Å². The standard InChI is InChI=1S/C23H23N5O2/c1-2-23(29)28-19-7-3-16(4-8-19)20-13-22(26-15-25-20)27-18-9-5-17(6-10-18)21-14-24-11-12-30-21/h2-10,13,15,21,24H,1,11-12,14H2,(H,28,29)(H,25,26,27). The van der Waals surface area contributed by atoms with E-state index in [-0.39, 0.29) is 12.0 Å². The lowest BCUT2D eigenvalue weighted by Gasteiger charge is -2.24. The van der Waals surface area contributed by atoms with Crippen LogP contribution in [0.4, 0.5) is 17.2 Å². The Morgan fingerprint density at radius 3 is 2.57 bits per heavy atom.